The molecule has 6 heteroatoms. The van der Waals surface area contributed by atoms with E-state index in [0.717, 1.165) is 17.7 Å². The summed E-state index contributed by atoms with van der Waals surface area (Å²) in [6, 6.07) is 21.5. The molecule has 0 unspecified atom stereocenters. The van der Waals surface area contributed by atoms with Crippen molar-refractivity contribution in [3.8, 4) is 11.5 Å². The number of rotatable bonds is 8. The van der Waals surface area contributed by atoms with E-state index < -0.39 is 0 Å². The van der Waals surface area contributed by atoms with Crippen LogP contribution in [0.4, 0.5) is 11.4 Å². The van der Waals surface area contributed by atoms with Crippen LogP contribution in [0.15, 0.2) is 72.8 Å². The molecule has 0 saturated heterocycles. The van der Waals surface area contributed by atoms with E-state index in [1.807, 2.05) is 31.2 Å². The molecule has 0 saturated carbocycles. The minimum Gasteiger partial charge on any atom is -0.497 e. The summed E-state index contributed by atoms with van der Waals surface area (Å²) in [5.74, 6) is 0.671. The SMILES string of the molecule is CCc1ccccc1NC(=O)c1ccc(OCC(=O)Nc2cccc(OC)c2)cc1. The Morgan fingerprint density at radius 2 is 1.63 bits per heavy atom. The van der Waals surface area contributed by atoms with Gasteiger partial charge in [-0.05, 0) is 54.4 Å². The molecule has 154 valence electrons. The van der Waals surface area contributed by atoms with Crippen LogP contribution < -0.4 is 20.1 Å². The molecule has 0 aliphatic carbocycles. The maximum absolute atomic E-state index is 12.5. The van der Waals surface area contributed by atoms with Crippen LogP contribution in [0, 0.1) is 0 Å². The summed E-state index contributed by atoms with van der Waals surface area (Å²) >= 11 is 0. The molecule has 0 heterocycles. The Morgan fingerprint density at radius 1 is 0.867 bits per heavy atom. The average Bonchev–Trinajstić information content (AvgIpc) is 2.78. The van der Waals surface area contributed by atoms with Crippen molar-refractivity contribution < 1.29 is 19.1 Å². The van der Waals surface area contributed by atoms with Gasteiger partial charge in [-0.1, -0.05) is 31.2 Å². The van der Waals surface area contributed by atoms with Gasteiger partial charge >= 0.3 is 0 Å². The highest BCUT2D eigenvalue weighted by molar-refractivity contribution is 6.04. The van der Waals surface area contributed by atoms with E-state index >= 15 is 0 Å². The molecule has 2 amide bonds. The normalized spacial score (nSPS) is 10.2. The molecule has 2 N–H and O–H groups in total. The van der Waals surface area contributed by atoms with Gasteiger partial charge in [0.15, 0.2) is 6.61 Å². The molecule has 0 aliphatic heterocycles. The summed E-state index contributed by atoms with van der Waals surface area (Å²) < 4.78 is 10.6. The highest BCUT2D eigenvalue weighted by Gasteiger charge is 2.09. The summed E-state index contributed by atoms with van der Waals surface area (Å²) in [4.78, 5) is 24.6. The van der Waals surface area contributed by atoms with Gasteiger partial charge in [0.1, 0.15) is 11.5 Å². The molecule has 0 aromatic heterocycles. The van der Waals surface area contributed by atoms with Crippen LogP contribution >= 0.6 is 0 Å². The monoisotopic (exact) mass is 404 g/mol. The summed E-state index contributed by atoms with van der Waals surface area (Å²) in [5.41, 5.74) is 3.02. The maximum atomic E-state index is 12.5. The zero-order chi connectivity index (χ0) is 21.3. The lowest BCUT2D eigenvalue weighted by Crippen LogP contribution is -2.20. The van der Waals surface area contributed by atoms with Gasteiger partial charge in [0.25, 0.3) is 11.8 Å². The zero-order valence-electron chi connectivity index (χ0n) is 17.0. The lowest BCUT2D eigenvalue weighted by atomic mass is 10.1. The van der Waals surface area contributed by atoms with Crippen molar-refractivity contribution in [3.63, 3.8) is 0 Å². The first-order valence-corrected chi connectivity index (χ1v) is 9.65. The van der Waals surface area contributed by atoms with E-state index in [4.69, 9.17) is 9.47 Å². The number of hydrogen-bond acceptors (Lipinski definition) is 4. The van der Waals surface area contributed by atoms with E-state index in [0.29, 0.717) is 22.7 Å². The second kappa shape index (κ2) is 10.1. The molecule has 0 atom stereocenters. The summed E-state index contributed by atoms with van der Waals surface area (Å²) in [6.45, 7) is 1.90. The van der Waals surface area contributed by atoms with Crippen LogP contribution in [0.3, 0.4) is 0 Å². The Balaban J connectivity index is 1.53. The zero-order valence-corrected chi connectivity index (χ0v) is 17.0. The van der Waals surface area contributed by atoms with Gasteiger partial charge in [-0.15, -0.1) is 0 Å². The number of ether oxygens (including phenoxy) is 2. The summed E-state index contributed by atoms with van der Waals surface area (Å²) in [5, 5.41) is 5.68. The average molecular weight is 404 g/mol. The van der Waals surface area contributed by atoms with Crippen LogP contribution in [0.5, 0.6) is 11.5 Å². The molecule has 3 aromatic rings. The summed E-state index contributed by atoms with van der Waals surface area (Å²) in [7, 11) is 1.57. The smallest absolute Gasteiger partial charge is 0.262 e. The fourth-order valence-corrected chi connectivity index (χ4v) is 2.89. The highest BCUT2D eigenvalue weighted by atomic mass is 16.5. The van der Waals surface area contributed by atoms with Crippen LogP contribution in [-0.4, -0.2) is 25.5 Å². The largest absolute Gasteiger partial charge is 0.497 e. The fraction of sp³-hybridized carbons (Fsp3) is 0.167. The number of amides is 2. The van der Waals surface area contributed by atoms with Crippen LogP contribution in [0.25, 0.3) is 0 Å². The van der Waals surface area contributed by atoms with E-state index in [-0.39, 0.29) is 18.4 Å². The number of carbonyl (C=O) groups excluding carboxylic acids is 2. The number of nitrogens with one attached hydrogen (secondary N) is 2. The van der Waals surface area contributed by atoms with Gasteiger partial charge in [-0.2, -0.15) is 0 Å². The maximum Gasteiger partial charge on any atom is 0.262 e. The Labute approximate surface area is 175 Å². The van der Waals surface area contributed by atoms with Crippen molar-refractivity contribution in [2.75, 3.05) is 24.4 Å². The van der Waals surface area contributed by atoms with Gasteiger partial charge in [0, 0.05) is 23.0 Å². The third-order valence-corrected chi connectivity index (χ3v) is 4.49. The molecular weight excluding hydrogens is 380 g/mol. The van der Waals surface area contributed by atoms with Gasteiger partial charge < -0.3 is 20.1 Å². The van der Waals surface area contributed by atoms with Crippen molar-refractivity contribution in [1.29, 1.82) is 0 Å². The van der Waals surface area contributed by atoms with Crippen molar-refractivity contribution >= 4 is 23.2 Å². The Morgan fingerprint density at radius 3 is 2.37 bits per heavy atom. The quantitative estimate of drug-likeness (QED) is 0.578. The Kier molecular flexibility index (Phi) is 7.05. The minimum atomic E-state index is -0.291. The molecule has 0 radical (unpaired) electrons. The first-order valence-electron chi connectivity index (χ1n) is 9.65. The van der Waals surface area contributed by atoms with Gasteiger partial charge in [-0.3, -0.25) is 9.59 Å². The molecule has 3 rings (SSSR count). The Bertz CT molecular complexity index is 1020. The van der Waals surface area contributed by atoms with E-state index in [9.17, 15) is 9.59 Å². The van der Waals surface area contributed by atoms with Crippen LogP contribution in [-0.2, 0) is 11.2 Å². The van der Waals surface area contributed by atoms with Gasteiger partial charge in [0.05, 0.1) is 7.11 Å². The van der Waals surface area contributed by atoms with E-state index in [2.05, 4.69) is 10.6 Å². The number of carbonyl (C=O) groups is 2. The molecule has 6 nitrogen and oxygen atoms in total. The van der Waals surface area contributed by atoms with Crippen molar-refractivity contribution in [2.45, 2.75) is 13.3 Å². The van der Waals surface area contributed by atoms with E-state index in [1.165, 1.54) is 0 Å². The molecule has 3 aromatic carbocycles. The lowest BCUT2D eigenvalue weighted by Gasteiger charge is -2.11. The number of benzene rings is 3. The molecular formula is C24H24N2O4. The number of para-hydroxylation sites is 1. The Hall–Kier alpha value is -3.80. The molecule has 0 spiro atoms. The van der Waals surface area contributed by atoms with Crippen molar-refractivity contribution in [3.05, 3.63) is 83.9 Å². The number of aryl methyl sites for hydroxylation is 1. The third-order valence-electron chi connectivity index (χ3n) is 4.49. The fourth-order valence-electron chi connectivity index (χ4n) is 2.89. The predicted octanol–water partition coefficient (Wildman–Crippen LogP) is 4.53. The minimum absolute atomic E-state index is 0.146. The molecule has 0 bridgehead atoms. The molecule has 0 fully saturated rings. The third kappa shape index (κ3) is 5.61. The molecule has 0 aliphatic rings. The van der Waals surface area contributed by atoms with Gasteiger partial charge in [-0.25, -0.2) is 0 Å². The number of methoxy groups -OCH3 is 1. The van der Waals surface area contributed by atoms with Gasteiger partial charge in [0.2, 0.25) is 0 Å². The number of anilines is 2. The van der Waals surface area contributed by atoms with Crippen molar-refractivity contribution in [2.24, 2.45) is 0 Å². The number of hydrogen-bond donors (Lipinski definition) is 2. The van der Waals surface area contributed by atoms with Crippen LogP contribution in [0.1, 0.15) is 22.8 Å². The van der Waals surface area contributed by atoms with E-state index in [1.54, 1.807) is 55.6 Å². The first kappa shape index (κ1) is 20.9. The standard InChI is InChI=1S/C24H24N2O4/c1-3-17-7-4-5-10-22(17)26-24(28)18-11-13-20(14-12-18)30-16-23(27)25-19-8-6-9-21(15-19)29-2/h4-15H,3,16H2,1-2H3,(H,25,27)(H,26,28). The highest BCUT2D eigenvalue weighted by Crippen LogP contribution is 2.19. The summed E-state index contributed by atoms with van der Waals surface area (Å²) in [6.07, 6.45) is 0.834. The molecule has 30 heavy (non-hydrogen) atoms. The lowest BCUT2D eigenvalue weighted by molar-refractivity contribution is -0.118. The predicted molar refractivity (Wildman–Crippen MR) is 117 cm³/mol. The topological polar surface area (TPSA) is 76.7 Å². The van der Waals surface area contributed by atoms with Crippen LogP contribution in [0.2, 0.25) is 0 Å². The second-order valence-corrected chi connectivity index (χ2v) is 6.56. The first-order chi connectivity index (χ1) is 14.6. The van der Waals surface area contributed by atoms with Crippen molar-refractivity contribution in [1.82, 2.24) is 0 Å². The second-order valence-electron chi connectivity index (χ2n) is 6.56.